The molecule has 0 saturated carbocycles. The van der Waals surface area contributed by atoms with E-state index in [-0.39, 0.29) is 5.91 Å². The topological polar surface area (TPSA) is 29.5 Å². The van der Waals surface area contributed by atoms with Gasteiger partial charge in [0.05, 0.1) is 0 Å². The van der Waals surface area contributed by atoms with Crippen LogP contribution in [-0.4, -0.2) is 37.6 Å². The van der Waals surface area contributed by atoms with E-state index in [1.165, 1.54) is 0 Å². The number of rotatable bonds is 5. The maximum Gasteiger partial charge on any atom is 0.246 e. The zero-order valence-electron chi connectivity index (χ0n) is 12.1. The van der Waals surface area contributed by atoms with Crippen molar-refractivity contribution in [2.75, 3.05) is 26.8 Å². The lowest BCUT2D eigenvalue weighted by atomic mass is 9.96. The number of ether oxygens (including phenoxy) is 1. The number of hydrogen-bond donors (Lipinski definition) is 0. The van der Waals surface area contributed by atoms with Crippen molar-refractivity contribution in [3.05, 3.63) is 42.0 Å². The minimum absolute atomic E-state index is 0.0703. The Morgan fingerprint density at radius 1 is 1.30 bits per heavy atom. The van der Waals surface area contributed by atoms with Crippen molar-refractivity contribution in [3.63, 3.8) is 0 Å². The lowest BCUT2D eigenvalue weighted by Gasteiger charge is -2.24. The molecule has 20 heavy (non-hydrogen) atoms. The first-order valence-electron chi connectivity index (χ1n) is 7.31. The molecule has 2 rings (SSSR count). The third kappa shape index (κ3) is 4.82. The van der Waals surface area contributed by atoms with Gasteiger partial charge in [0, 0.05) is 32.9 Å². The van der Waals surface area contributed by atoms with Gasteiger partial charge in [0.2, 0.25) is 5.91 Å². The minimum Gasteiger partial charge on any atom is -0.381 e. The number of carbonyl (C=O) groups is 1. The van der Waals surface area contributed by atoms with E-state index in [2.05, 4.69) is 0 Å². The number of amides is 1. The van der Waals surface area contributed by atoms with Crippen molar-refractivity contribution in [2.24, 2.45) is 5.92 Å². The molecule has 0 N–H and O–H groups in total. The van der Waals surface area contributed by atoms with Crippen LogP contribution in [0.25, 0.3) is 6.08 Å². The highest BCUT2D eigenvalue weighted by molar-refractivity contribution is 5.91. The van der Waals surface area contributed by atoms with Crippen LogP contribution in [0.5, 0.6) is 0 Å². The number of benzene rings is 1. The summed E-state index contributed by atoms with van der Waals surface area (Å²) in [6.07, 6.45) is 6.85. The van der Waals surface area contributed by atoms with E-state index in [0.717, 1.165) is 44.6 Å². The zero-order valence-corrected chi connectivity index (χ0v) is 12.1. The van der Waals surface area contributed by atoms with Gasteiger partial charge in [-0.25, -0.2) is 0 Å². The lowest BCUT2D eigenvalue weighted by molar-refractivity contribution is -0.124. The highest BCUT2D eigenvalue weighted by Gasteiger charge is 2.15. The van der Waals surface area contributed by atoms with Gasteiger partial charge in [0.15, 0.2) is 0 Å². The summed E-state index contributed by atoms with van der Waals surface area (Å²) in [4.78, 5) is 13.8. The van der Waals surface area contributed by atoms with Gasteiger partial charge in [-0.05, 0) is 36.8 Å². The second-order valence-electron chi connectivity index (χ2n) is 5.35. The third-order valence-electron chi connectivity index (χ3n) is 3.81. The van der Waals surface area contributed by atoms with Crippen molar-refractivity contribution >= 4 is 12.0 Å². The molecule has 1 aromatic carbocycles. The van der Waals surface area contributed by atoms with Gasteiger partial charge in [-0.15, -0.1) is 0 Å². The molecule has 0 aliphatic carbocycles. The highest BCUT2D eigenvalue weighted by Crippen LogP contribution is 2.18. The smallest absolute Gasteiger partial charge is 0.246 e. The summed E-state index contributed by atoms with van der Waals surface area (Å²) in [6, 6.07) is 9.90. The zero-order chi connectivity index (χ0) is 14.2. The number of hydrogen-bond acceptors (Lipinski definition) is 2. The van der Waals surface area contributed by atoms with Crippen LogP contribution < -0.4 is 0 Å². The molecular weight excluding hydrogens is 250 g/mol. The molecule has 1 aliphatic heterocycles. The van der Waals surface area contributed by atoms with Crippen LogP contribution in [0, 0.1) is 5.92 Å². The SMILES string of the molecule is CN(CCC1CCOCC1)C(=O)/C=C/c1ccccc1. The van der Waals surface area contributed by atoms with Crippen molar-refractivity contribution in [1.29, 1.82) is 0 Å². The summed E-state index contributed by atoms with van der Waals surface area (Å²) in [5.74, 6) is 0.776. The molecule has 1 fully saturated rings. The first-order chi connectivity index (χ1) is 9.75. The van der Waals surface area contributed by atoms with Gasteiger partial charge < -0.3 is 9.64 Å². The van der Waals surface area contributed by atoms with E-state index in [1.807, 2.05) is 43.5 Å². The molecular formula is C17H23NO2. The van der Waals surface area contributed by atoms with Gasteiger partial charge in [-0.3, -0.25) is 4.79 Å². The van der Waals surface area contributed by atoms with Crippen molar-refractivity contribution in [1.82, 2.24) is 4.90 Å². The minimum atomic E-state index is 0.0703. The molecule has 1 heterocycles. The van der Waals surface area contributed by atoms with Gasteiger partial charge >= 0.3 is 0 Å². The Balaban J connectivity index is 1.75. The Morgan fingerprint density at radius 3 is 2.70 bits per heavy atom. The van der Waals surface area contributed by atoms with Crippen molar-refractivity contribution in [3.8, 4) is 0 Å². The van der Waals surface area contributed by atoms with Crippen LogP contribution in [0.2, 0.25) is 0 Å². The summed E-state index contributed by atoms with van der Waals surface area (Å²) < 4.78 is 5.35. The summed E-state index contributed by atoms with van der Waals surface area (Å²) in [5, 5.41) is 0. The largest absolute Gasteiger partial charge is 0.381 e. The second kappa shape index (κ2) is 7.85. The summed E-state index contributed by atoms with van der Waals surface area (Å²) in [7, 11) is 1.87. The van der Waals surface area contributed by atoms with Crippen LogP contribution in [0.15, 0.2) is 36.4 Å². The predicted octanol–water partition coefficient (Wildman–Crippen LogP) is 2.97. The average Bonchev–Trinajstić information content (AvgIpc) is 2.52. The highest BCUT2D eigenvalue weighted by atomic mass is 16.5. The summed E-state index contributed by atoms with van der Waals surface area (Å²) >= 11 is 0. The molecule has 108 valence electrons. The maximum atomic E-state index is 12.0. The standard InChI is InChI=1S/C17H23NO2/c1-18(12-9-16-10-13-20-14-11-16)17(19)8-7-15-5-3-2-4-6-15/h2-8,16H,9-14H2,1H3/b8-7+. The third-order valence-corrected chi connectivity index (χ3v) is 3.81. The molecule has 0 bridgehead atoms. The summed E-state index contributed by atoms with van der Waals surface area (Å²) in [5.41, 5.74) is 1.05. The molecule has 0 unspecified atom stereocenters. The fraction of sp³-hybridized carbons (Fsp3) is 0.471. The monoisotopic (exact) mass is 273 g/mol. The van der Waals surface area contributed by atoms with Crippen LogP contribution in [-0.2, 0) is 9.53 Å². The summed E-state index contributed by atoms with van der Waals surface area (Å²) in [6.45, 7) is 2.56. The Labute approximate surface area is 121 Å². The second-order valence-corrected chi connectivity index (χ2v) is 5.35. The molecule has 3 nitrogen and oxygen atoms in total. The molecule has 0 radical (unpaired) electrons. The first-order valence-corrected chi connectivity index (χ1v) is 7.31. The molecule has 1 saturated heterocycles. The Morgan fingerprint density at radius 2 is 2.00 bits per heavy atom. The number of carbonyl (C=O) groups excluding carboxylic acids is 1. The van der Waals surface area contributed by atoms with Crippen molar-refractivity contribution in [2.45, 2.75) is 19.3 Å². The van der Waals surface area contributed by atoms with E-state index in [9.17, 15) is 4.79 Å². The fourth-order valence-corrected chi connectivity index (χ4v) is 2.38. The van der Waals surface area contributed by atoms with Gasteiger partial charge in [0.25, 0.3) is 0 Å². The van der Waals surface area contributed by atoms with E-state index in [0.29, 0.717) is 5.92 Å². The quantitative estimate of drug-likeness (QED) is 0.772. The van der Waals surface area contributed by atoms with Gasteiger partial charge in [0.1, 0.15) is 0 Å². The van der Waals surface area contributed by atoms with Crippen LogP contribution in [0.3, 0.4) is 0 Å². The number of nitrogens with zero attached hydrogens (tertiary/aromatic N) is 1. The normalized spacial score (nSPS) is 16.4. The molecule has 1 amide bonds. The molecule has 0 spiro atoms. The van der Waals surface area contributed by atoms with Crippen LogP contribution >= 0.6 is 0 Å². The van der Waals surface area contributed by atoms with E-state index in [4.69, 9.17) is 4.74 Å². The maximum absolute atomic E-state index is 12.0. The molecule has 1 aliphatic rings. The average molecular weight is 273 g/mol. The Kier molecular flexibility index (Phi) is 5.81. The van der Waals surface area contributed by atoms with Crippen LogP contribution in [0.1, 0.15) is 24.8 Å². The van der Waals surface area contributed by atoms with E-state index in [1.54, 1.807) is 11.0 Å². The molecule has 3 heteroatoms. The molecule has 0 atom stereocenters. The molecule has 0 aromatic heterocycles. The Hall–Kier alpha value is -1.61. The molecule has 1 aromatic rings. The first kappa shape index (κ1) is 14.8. The van der Waals surface area contributed by atoms with E-state index < -0.39 is 0 Å². The Bertz CT molecular complexity index is 436. The van der Waals surface area contributed by atoms with Gasteiger partial charge in [-0.2, -0.15) is 0 Å². The lowest BCUT2D eigenvalue weighted by Crippen LogP contribution is -2.28. The van der Waals surface area contributed by atoms with Gasteiger partial charge in [-0.1, -0.05) is 30.3 Å². The predicted molar refractivity (Wildman–Crippen MR) is 81.3 cm³/mol. The van der Waals surface area contributed by atoms with Crippen LogP contribution in [0.4, 0.5) is 0 Å². The number of likely N-dealkylation sites (N-methyl/N-ethyl adjacent to an activating group) is 1. The van der Waals surface area contributed by atoms with E-state index >= 15 is 0 Å². The van der Waals surface area contributed by atoms with Crippen molar-refractivity contribution < 1.29 is 9.53 Å². The fourth-order valence-electron chi connectivity index (χ4n) is 2.38.